The predicted molar refractivity (Wildman–Crippen MR) is 93.6 cm³/mol. The van der Waals surface area contributed by atoms with Gasteiger partial charge in [0.25, 0.3) is 5.91 Å². The molecule has 1 N–H and O–H groups in total. The molecule has 0 aliphatic heterocycles. The van der Waals surface area contributed by atoms with Crippen LogP contribution in [0.15, 0.2) is 60.7 Å². The van der Waals surface area contributed by atoms with Gasteiger partial charge in [0.05, 0.1) is 6.04 Å². The van der Waals surface area contributed by atoms with E-state index >= 15 is 0 Å². The zero-order chi connectivity index (χ0) is 26.2. The molecule has 0 saturated heterocycles. The quantitative estimate of drug-likeness (QED) is 0.392. The summed E-state index contributed by atoms with van der Waals surface area (Å²) in [5.74, 6) is -40.1. The molecule has 0 aliphatic carbocycles. The molecule has 2 aromatic carbocycles. The van der Waals surface area contributed by atoms with Gasteiger partial charge in [-0.3, -0.25) is 4.79 Å². The van der Waals surface area contributed by atoms with Gasteiger partial charge in [-0.15, -0.1) is 0 Å². The van der Waals surface area contributed by atoms with Crippen LogP contribution < -0.4 is 5.32 Å². The van der Waals surface area contributed by atoms with Crippen molar-refractivity contribution in [2.45, 2.75) is 42.1 Å². The summed E-state index contributed by atoms with van der Waals surface area (Å²) >= 11 is 0. The fourth-order valence-corrected chi connectivity index (χ4v) is 2.76. The van der Waals surface area contributed by atoms with Crippen LogP contribution in [0.4, 0.5) is 52.7 Å². The highest BCUT2D eigenvalue weighted by atomic mass is 19.4. The lowest BCUT2D eigenvalue weighted by Gasteiger charge is -2.38. The van der Waals surface area contributed by atoms with E-state index in [1.807, 2.05) is 0 Å². The molecule has 0 radical (unpaired) electrons. The number of alkyl halides is 12. The van der Waals surface area contributed by atoms with Crippen LogP contribution in [0, 0.1) is 0 Å². The Morgan fingerprint density at radius 3 is 1.35 bits per heavy atom. The largest absolute Gasteiger partial charge is 0.392 e. The number of nitrogens with one attached hydrogen (secondary N) is 1. The maximum absolute atomic E-state index is 14.2. The number of rotatable bonds is 9. The second kappa shape index (κ2) is 9.02. The number of benzene rings is 2. The molecule has 188 valence electrons. The van der Waals surface area contributed by atoms with Gasteiger partial charge in [-0.05, 0) is 11.1 Å². The van der Waals surface area contributed by atoms with Crippen molar-refractivity contribution in [1.82, 2.24) is 5.32 Å². The fourth-order valence-electron chi connectivity index (χ4n) is 2.76. The average molecular weight is 511 g/mol. The first-order valence-electron chi connectivity index (χ1n) is 9.01. The maximum atomic E-state index is 14.2. The molecule has 2 aromatic rings. The molecule has 0 bridgehead atoms. The predicted octanol–water partition coefficient (Wildman–Crippen LogP) is 6.33. The number of carbonyl (C=O) groups excluding carboxylic acids is 1. The lowest BCUT2D eigenvalue weighted by molar-refractivity contribution is -0.407. The lowest BCUT2D eigenvalue weighted by atomic mass is 9.93. The Hall–Kier alpha value is -2.93. The van der Waals surface area contributed by atoms with E-state index in [0.29, 0.717) is 0 Å². The lowest BCUT2D eigenvalue weighted by Crippen LogP contribution is -2.71. The Morgan fingerprint density at radius 1 is 0.618 bits per heavy atom. The van der Waals surface area contributed by atoms with E-state index in [2.05, 4.69) is 0 Å². The minimum Gasteiger partial charge on any atom is -0.340 e. The number of hydrogen-bond donors (Lipinski definition) is 1. The minimum absolute atomic E-state index is 0.0394. The summed E-state index contributed by atoms with van der Waals surface area (Å²) in [5.41, 5.74) is -0.0787. The summed E-state index contributed by atoms with van der Waals surface area (Å²) in [5, 5.41) is 1.30. The molecule has 1 amide bonds. The van der Waals surface area contributed by atoms with E-state index in [-0.39, 0.29) is 11.1 Å². The molecule has 14 heteroatoms. The minimum atomic E-state index is -7.78. The van der Waals surface area contributed by atoms with Gasteiger partial charge in [0.15, 0.2) is 0 Å². The molecule has 2 nitrogen and oxygen atoms in total. The molecule has 0 spiro atoms. The summed E-state index contributed by atoms with van der Waals surface area (Å²) in [6.45, 7) is 0. The third-order valence-electron chi connectivity index (χ3n) is 4.70. The summed E-state index contributed by atoms with van der Waals surface area (Å²) in [4.78, 5) is 12.0. The summed E-state index contributed by atoms with van der Waals surface area (Å²) in [6.07, 6.45) is -5.62. The van der Waals surface area contributed by atoms with Crippen LogP contribution in [0.5, 0.6) is 0 Å². The molecule has 0 saturated carbocycles. The number of carbonyl (C=O) groups is 1. The Morgan fingerprint density at radius 2 is 1.00 bits per heavy atom. The standard InChI is InChI=1S/C20H13F12NO/c21-14(22)16(23,24)18(27,28)20(31,32)19(29,30)17(25,26)15(34)33-13(11-7-3-1-4-8-11)12-9-5-2-6-10-12/h1-10,13-14H,(H,33,34). The maximum Gasteiger partial charge on any atom is 0.392 e. The Labute approximate surface area is 183 Å². The molecule has 0 aromatic heterocycles. The van der Waals surface area contributed by atoms with Crippen molar-refractivity contribution >= 4 is 5.91 Å². The molecular formula is C20H13F12NO. The molecule has 2 rings (SSSR count). The number of amides is 1. The third kappa shape index (κ3) is 4.29. The average Bonchev–Trinajstić information content (AvgIpc) is 2.77. The van der Waals surface area contributed by atoms with Crippen molar-refractivity contribution in [3.8, 4) is 0 Å². The van der Waals surface area contributed by atoms with E-state index in [1.54, 1.807) is 0 Å². The van der Waals surface area contributed by atoms with Crippen LogP contribution in [0.1, 0.15) is 17.2 Å². The van der Waals surface area contributed by atoms with Crippen LogP contribution in [-0.4, -0.2) is 41.9 Å². The Kier molecular flexibility index (Phi) is 7.25. The van der Waals surface area contributed by atoms with Gasteiger partial charge in [-0.1, -0.05) is 60.7 Å². The van der Waals surface area contributed by atoms with Crippen molar-refractivity contribution in [2.75, 3.05) is 0 Å². The van der Waals surface area contributed by atoms with E-state index in [1.165, 1.54) is 66.0 Å². The fraction of sp³-hybridized carbons (Fsp3) is 0.350. The highest BCUT2D eigenvalue weighted by Crippen LogP contribution is 2.58. The van der Waals surface area contributed by atoms with Gasteiger partial charge in [-0.25, -0.2) is 8.78 Å². The molecule has 0 fully saturated rings. The molecule has 0 aliphatic rings. The summed E-state index contributed by atoms with van der Waals surface area (Å²) < 4.78 is 161. The first-order chi connectivity index (χ1) is 15.4. The van der Waals surface area contributed by atoms with Crippen molar-refractivity contribution in [1.29, 1.82) is 0 Å². The van der Waals surface area contributed by atoms with Crippen LogP contribution in [0.2, 0.25) is 0 Å². The zero-order valence-electron chi connectivity index (χ0n) is 16.4. The van der Waals surface area contributed by atoms with Crippen molar-refractivity contribution in [2.24, 2.45) is 0 Å². The van der Waals surface area contributed by atoms with E-state index in [9.17, 15) is 57.5 Å². The Balaban J connectivity index is 2.49. The van der Waals surface area contributed by atoms with E-state index in [4.69, 9.17) is 0 Å². The van der Waals surface area contributed by atoms with Gasteiger partial charge in [-0.2, -0.15) is 43.9 Å². The monoisotopic (exact) mass is 511 g/mol. The van der Waals surface area contributed by atoms with Crippen molar-refractivity contribution < 1.29 is 57.5 Å². The van der Waals surface area contributed by atoms with Crippen LogP contribution in [0.3, 0.4) is 0 Å². The first kappa shape index (κ1) is 27.3. The van der Waals surface area contributed by atoms with Gasteiger partial charge in [0.1, 0.15) is 0 Å². The SMILES string of the molecule is O=C(NC(c1ccccc1)c1ccccc1)C(F)(F)C(F)(F)C(F)(F)C(F)(F)C(F)(F)C(F)F. The highest BCUT2D eigenvalue weighted by molar-refractivity contribution is 5.85. The molecule has 34 heavy (non-hydrogen) atoms. The van der Waals surface area contributed by atoms with E-state index < -0.39 is 48.0 Å². The molecule has 0 unspecified atom stereocenters. The van der Waals surface area contributed by atoms with E-state index in [0.717, 1.165) is 0 Å². The third-order valence-corrected chi connectivity index (χ3v) is 4.70. The second-order valence-electron chi connectivity index (χ2n) is 6.95. The second-order valence-corrected chi connectivity index (χ2v) is 6.95. The zero-order valence-corrected chi connectivity index (χ0v) is 16.4. The number of halogens is 12. The van der Waals surface area contributed by atoms with Crippen LogP contribution in [0.25, 0.3) is 0 Å². The molecule has 0 heterocycles. The van der Waals surface area contributed by atoms with Gasteiger partial charge in [0, 0.05) is 0 Å². The van der Waals surface area contributed by atoms with Crippen LogP contribution >= 0.6 is 0 Å². The van der Waals surface area contributed by atoms with Crippen molar-refractivity contribution in [3.05, 3.63) is 71.8 Å². The van der Waals surface area contributed by atoms with Crippen LogP contribution in [-0.2, 0) is 4.79 Å². The Bertz CT molecular complexity index is 940. The van der Waals surface area contributed by atoms with Gasteiger partial charge in [0.2, 0.25) is 0 Å². The molecule has 0 atom stereocenters. The van der Waals surface area contributed by atoms with Crippen molar-refractivity contribution in [3.63, 3.8) is 0 Å². The number of hydrogen-bond acceptors (Lipinski definition) is 1. The summed E-state index contributed by atoms with van der Waals surface area (Å²) in [6, 6.07) is 11.3. The first-order valence-corrected chi connectivity index (χ1v) is 9.01. The smallest absolute Gasteiger partial charge is 0.340 e. The normalized spacial score (nSPS) is 13.9. The van der Waals surface area contributed by atoms with Gasteiger partial charge >= 0.3 is 36.0 Å². The topological polar surface area (TPSA) is 29.1 Å². The molecular weight excluding hydrogens is 498 g/mol. The summed E-state index contributed by atoms with van der Waals surface area (Å²) in [7, 11) is 0. The van der Waals surface area contributed by atoms with Gasteiger partial charge < -0.3 is 5.32 Å². The highest BCUT2D eigenvalue weighted by Gasteiger charge is 2.89.